The molecule has 0 amide bonds. The Morgan fingerprint density at radius 1 is 1.10 bits per heavy atom. The van der Waals surface area contributed by atoms with Gasteiger partial charge in [0.1, 0.15) is 17.4 Å². The van der Waals surface area contributed by atoms with Crippen LogP contribution in [0.3, 0.4) is 0 Å². The Balaban J connectivity index is 1.76. The molecule has 2 aromatic carbocycles. The molecule has 1 atom stereocenters. The van der Waals surface area contributed by atoms with Crippen LogP contribution in [-0.4, -0.2) is 11.2 Å². The molecule has 1 aliphatic rings. The number of aliphatic hydroxyl groups is 1. The molecule has 1 aliphatic carbocycles. The first kappa shape index (κ1) is 14.0. The molecule has 1 fully saturated rings. The van der Waals surface area contributed by atoms with E-state index in [4.69, 9.17) is 4.74 Å². The zero-order valence-corrected chi connectivity index (χ0v) is 11.4. The van der Waals surface area contributed by atoms with Gasteiger partial charge in [0.15, 0.2) is 0 Å². The Morgan fingerprint density at radius 2 is 1.76 bits per heavy atom. The summed E-state index contributed by atoms with van der Waals surface area (Å²) in [5.41, 5.74) is 0.495. The summed E-state index contributed by atoms with van der Waals surface area (Å²) in [5.74, 6) is -0.595. The highest BCUT2D eigenvalue weighted by atomic mass is 19.1. The maximum atomic E-state index is 13.6. The SMILES string of the molecule is OC(Cc1c(F)cccc1F)c1cccc(OC2CC2)c1. The lowest BCUT2D eigenvalue weighted by molar-refractivity contribution is 0.175. The van der Waals surface area contributed by atoms with E-state index in [2.05, 4.69) is 0 Å². The molecule has 1 saturated carbocycles. The smallest absolute Gasteiger partial charge is 0.129 e. The molecule has 0 aliphatic heterocycles. The average Bonchev–Trinajstić information content (AvgIpc) is 3.27. The minimum Gasteiger partial charge on any atom is -0.490 e. The lowest BCUT2D eigenvalue weighted by atomic mass is 10.0. The van der Waals surface area contributed by atoms with Gasteiger partial charge < -0.3 is 9.84 Å². The molecule has 21 heavy (non-hydrogen) atoms. The van der Waals surface area contributed by atoms with Crippen molar-refractivity contribution >= 4 is 0 Å². The minimum atomic E-state index is -0.973. The maximum Gasteiger partial charge on any atom is 0.129 e. The molecule has 4 heteroatoms. The largest absolute Gasteiger partial charge is 0.490 e. The molecule has 0 saturated heterocycles. The van der Waals surface area contributed by atoms with E-state index in [1.165, 1.54) is 18.2 Å². The van der Waals surface area contributed by atoms with Gasteiger partial charge in [-0.3, -0.25) is 0 Å². The van der Waals surface area contributed by atoms with Gasteiger partial charge in [-0.05, 0) is 42.7 Å². The number of hydrogen-bond acceptors (Lipinski definition) is 2. The summed E-state index contributed by atoms with van der Waals surface area (Å²) in [4.78, 5) is 0. The zero-order chi connectivity index (χ0) is 14.8. The second kappa shape index (κ2) is 5.82. The van der Waals surface area contributed by atoms with Crippen molar-refractivity contribution in [3.05, 3.63) is 65.2 Å². The van der Waals surface area contributed by atoms with E-state index >= 15 is 0 Å². The Kier molecular flexibility index (Phi) is 3.88. The molecule has 0 bridgehead atoms. The molecule has 0 aromatic heterocycles. The predicted molar refractivity (Wildman–Crippen MR) is 75.1 cm³/mol. The van der Waals surface area contributed by atoms with Gasteiger partial charge in [-0.25, -0.2) is 8.78 Å². The Morgan fingerprint density at radius 3 is 2.43 bits per heavy atom. The normalized spacial score (nSPS) is 15.8. The van der Waals surface area contributed by atoms with Crippen LogP contribution < -0.4 is 4.74 Å². The molecule has 2 aromatic rings. The van der Waals surface area contributed by atoms with Gasteiger partial charge in [0, 0.05) is 12.0 Å². The molecule has 0 radical (unpaired) electrons. The first-order chi connectivity index (χ1) is 10.1. The van der Waals surface area contributed by atoms with Crippen molar-refractivity contribution in [1.29, 1.82) is 0 Å². The van der Waals surface area contributed by atoms with Crippen molar-refractivity contribution in [2.45, 2.75) is 31.5 Å². The summed E-state index contributed by atoms with van der Waals surface area (Å²) in [6.07, 6.45) is 1.28. The fourth-order valence-corrected chi connectivity index (χ4v) is 2.21. The Labute approximate surface area is 122 Å². The summed E-state index contributed by atoms with van der Waals surface area (Å²) in [6.45, 7) is 0. The number of hydrogen-bond donors (Lipinski definition) is 1. The highest BCUT2D eigenvalue weighted by Crippen LogP contribution is 2.29. The molecular formula is C17H16F2O2. The molecular weight excluding hydrogens is 274 g/mol. The second-order valence-electron chi connectivity index (χ2n) is 5.31. The van der Waals surface area contributed by atoms with Crippen molar-refractivity contribution in [2.24, 2.45) is 0 Å². The molecule has 0 spiro atoms. The van der Waals surface area contributed by atoms with Crippen molar-refractivity contribution in [1.82, 2.24) is 0 Å². The van der Waals surface area contributed by atoms with Crippen LogP contribution >= 0.6 is 0 Å². The number of halogens is 2. The van der Waals surface area contributed by atoms with Gasteiger partial charge in [-0.2, -0.15) is 0 Å². The molecule has 2 nitrogen and oxygen atoms in total. The Bertz CT molecular complexity index is 618. The first-order valence-corrected chi connectivity index (χ1v) is 7.01. The highest BCUT2D eigenvalue weighted by Gasteiger charge is 2.24. The number of aliphatic hydroxyl groups excluding tert-OH is 1. The van der Waals surface area contributed by atoms with Crippen LogP contribution in [0.5, 0.6) is 5.75 Å². The van der Waals surface area contributed by atoms with Crippen molar-refractivity contribution < 1.29 is 18.6 Å². The summed E-state index contributed by atoms with van der Waals surface area (Å²) < 4.78 is 32.9. The van der Waals surface area contributed by atoms with E-state index in [1.807, 2.05) is 6.07 Å². The van der Waals surface area contributed by atoms with E-state index in [9.17, 15) is 13.9 Å². The Hall–Kier alpha value is -1.94. The van der Waals surface area contributed by atoms with E-state index in [-0.39, 0.29) is 18.1 Å². The molecule has 1 N–H and O–H groups in total. The van der Waals surface area contributed by atoms with E-state index in [1.54, 1.807) is 18.2 Å². The van der Waals surface area contributed by atoms with Crippen molar-refractivity contribution in [3.8, 4) is 5.75 Å². The van der Waals surface area contributed by atoms with Crippen molar-refractivity contribution in [2.75, 3.05) is 0 Å². The van der Waals surface area contributed by atoms with Crippen LogP contribution in [0.1, 0.15) is 30.1 Å². The summed E-state index contributed by atoms with van der Waals surface area (Å²) in [5, 5.41) is 10.2. The van der Waals surface area contributed by atoms with E-state index in [0.717, 1.165) is 12.8 Å². The fourth-order valence-electron chi connectivity index (χ4n) is 2.21. The van der Waals surface area contributed by atoms with Gasteiger partial charge in [-0.1, -0.05) is 18.2 Å². The third-order valence-corrected chi connectivity index (χ3v) is 3.53. The molecule has 3 rings (SSSR count). The standard InChI is InChI=1S/C17H16F2O2/c18-15-5-2-6-16(19)14(15)10-17(20)11-3-1-4-13(9-11)21-12-7-8-12/h1-6,9,12,17,20H,7-8,10H2. The van der Waals surface area contributed by atoms with E-state index < -0.39 is 17.7 Å². The first-order valence-electron chi connectivity index (χ1n) is 7.01. The monoisotopic (exact) mass is 290 g/mol. The fraction of sp³-hybridized carbons (Fsp3) is 0.294. The van der Waals surface area contributed by atoms with Crippen LogP contribution in [0.4, 0.5) is 8.78 Å². The quantitative estimate of drug-likeness (QED) is 0.908. The third kappa shape index (κ3) is 3.39. The van der Waals surface area contributed by atoms with E-state index in [0.29, 0.717) is 11.3 Å². The summed E-state index contributed by atoms with van der Waals surface area (Å²) >= 11 is 0. The molecule has 110 valence electrons. The van der Waals surface area contributed by atoms with Gasteiger partial charge in [0.05, 0.1) is 12.2 Å². The summed E-state index contributed by atoms with van der Waals surface area (Å²) in [6, 6.07) is 10.7. The van der Waals surface area contributed by atoms with Crippen LogP contribution in [0.15, 0.2) is 42.5 Å². The predicted octanol–water partition coefficient (Wildman–Crippen LogP) is 3.78. The highest BCUT2D eigenvalue weighted by molar-refractivity contribution is 5.32. The topological polar surface area (TPSA) is 29.5 Å². The van der Waals surface area contributed by atoms with Crippen molar-refractivity contribution in [3.63, 3.8) is 0 Å². The summed E-state index contributed by atoms with van der Waals surface area (Å²) in [7, 11) is 0. The van der Waals surface area contributed by atoms with Crippen LogP contribution in [0.25, 0.3) is 0 Å². The lowest BCUT2D eigenvalue weighted by Gasteiger charge is -2.14. The number of benzene rings is 2. The average molecular weight is 290 g/mol. The van der Waals surface area contributed by atoms with Gasteiger partial charge >= 0.3 is 0 Å². The minimum absolute atomic E-state index is 0.0986. The second-order valence-corrected chi connectivity index (χ2v) is 5.31. The van der Waals surface area contributed by atoms with Gasteiger partial charge in [0.2, 0.25) is 0 Å². The molecule has 1 unspecified atom stereocenters. The molecule has 0 heterocycles. The van der Waals surface area contributed by atoms with Gasteiger partial charge in [0.25, 0.3) is 0 Å². The number of ether oxygens (including phenoxy) is 1. The van der Waals surface area contributed by atoms with Crippen LogP contribution in [0.2, 0.25) is 0 Å². The van der Waals surface area contributed by atoms with Crippen LogP contribution in [-0.2, 0) is 6.42 Å². The van der Waals surface area contributed by atoms with Crippen LogP contribution in [0, 0.1) is 11.6 Å². The third-order valence-electron chi connectivity index (χ3n) is 3.53. The maximum absolute atomic E-state index is 13.6. The number of rotatable bonds is 5. The van der Waals surface area contributed by atoms with Gasteiger partial charge in [-0.15, -0.1) is 0 Å². The lowest BCUT2D eigenvalue weighted by Crippen LogP contribution is -2.06. The zero-order valence-electron chi connectivity index (χ0n) is 11.4.